The van der Waals surface area contributed by atoms with Gasteiger partial charge in [-0.1, -0.05) is 46.9 Å². The summed E-state index contributed by atoms with van der Waals surface area (Å²) >= 11 is 2.63. The van der Waals surface area contributed by atoms with Crippen molar-refractivity contribution in [3.63, 3.8) is 0 Å². The number of hydrogen-bond acceptors (Lipinski definition) is 10. The fourth-order valence-electron chi connectivity index (χ4n) is 2.86. The highest BCUT2D eigenvalue weighted by molar-refractivity contribution is 7.27. The van der Waals surface area contributed by atoms with Crippen molar-refractivity contribution in [3.05, 3.63) is 39.8 Å². The standard InChI is InChI=1S/C21H27N6O4PS2/c1-21(11-28,12-29)18(31)23-20-27-25-17(34-20)8-3-2-7-16-24-26-19(33-16)22-15(30)10-13-5-4-6-14(32)9-13/h4-6,9,28-29H,2-3,7-8,10-12,32H2,1H3,(H,22,26,30)(H,23,27,31). The fraction of sp³-hybridized carbons (Fsp3) is 0.429. The first kappa shape index (κ1) is 26.2. The number of anilines is 2. The van der Waals surface area contributed by atoms with E-state index in [-0.39, 0.29) is 12.3 Å². The van der Waals surface area contributed by atoms with Crippen LogP contribution in [0.4, 0.5) is 10.3 Å². The molecule has 34 heavy (non-hydrogen) atoms. The maximum Gasteiger partial charge on any atom is 0.236 e. The second kappa shape index (κ2) is 12.4. The first-order valence-electron chi connectivity index (χ1n) is 10.6. The third kappa shape index (κ3) is 7.57. The Balaban J connectivity index is 1.39. The number of rotatable bonds is 12. The second-order valence-corrected chi connectivity index (χ2v) is 10.8. The number of aryl methyl sites for hydroxylation is 2. The summed E-state index contributed by atoms with van der Waals surface area (Å²) in [4.78, 5) is 24.4. The van der Waals surface area contributed by atoms with Crippen molar-refractivity contribution in [1.29, 1.82) is 0 Å². The largest absolute Gasteiger partial charge is 0.395 e. The van der Waals surface area contributed by atoms with E-state index in [1.165, 1.54) is 29.6 Å². The number of hydrogen-bond donors (Lipinski definition) is 4. The lowest BCUT2D eigenvalue weighted by Gasteiger charge is -2.22. The number of aliphatic hydroxyl groups excluding tert-OH is 2. The molecule has 10 nitrogen and oxygen atoms in total. The lowest BCUT2D eigenvalue weighted by atomic mass is 9.92. The van der Waals surface area contributed by atoms with Gasteiger partial charge in [-0.15, -0.1) is 29.6 Å². The molecule has 0 spiro atoms. The van der Waals surface area contributed by atoms with E-state index in [9.17, 15) is 19.8 Å². The van der Waals surface area contributed by atoms with Crippen LogP contribution in [0.25, 0.3) is 0 Å². The Morgan fingerprint density at radius 3 is 2.12 bits per heavy atom. The van der Waals surface area contributed by atoms with Crippen LogP contribution in [0.1, 0.15) is 35.3 Å². The van der Waals surface area contributed by atoms with E-state index in [0.29, 0.717) is 16.7 Å². The van der Waals surface area contributed by atoms with Gasteiger partial charge >= 0.3 is 0 Å². The Morgan fingerprint density at radius 1 is 0.971 bits per heavy atom. The normalized spacial score (nSPS) is 11.4. The second-order valence-electron chi connectivity index (χ2n) is 8.01. The van der Waals surface area contributed by atoms with Crippen LogP contribution >= 0.6 is 31.9 Å². The quantitative estimate of drug-likeness (QED) is 0.207. The van der Waals surface area contributed by atoms with Crippen LogP contribution in [0.3, 0.4) is 0 Å². The van der Waals surface area contributed by atoms with Crippen molar-refractivity contribution < 1.29 is 19.8 Å². The number of unbranched alkanes of at least 4 members (excludes halogenated alkanes) is 1. The maximum absolute atomic E-state index is 12.2. The zero-order valence-electron chi connectivity index (χ0n) is 18.7. The van der Waals surface area contributed by atoms with Gasteiger partial charge in [0.15, 0.2) is 0 Å². The molecule has 1 aromatic carbocycles. The van der Waals surface area contributed by atoms with Crippen LogP contribution in [-0.4, -0.2) is 55.6 Å². The van der Waals surface area contributed by atoms with Crippen molar-refractivity contribution in [3.8, 4) is 0 Å². The molecule has 0 aliphatic carbocycles. The van der Waals surface area contributed by atoms with E-state index in [0.717, 1.165) is 40.1 Å². The molecule has 3 rings (SSSR count). The summed E-state index contributed by atoms with van der Waals surface area (Å²) < 4.78 is 0. The summed E-state index contributed by atoms with van der Waals surface area (Å²) in [6.45, 7) is 0.534. The molecular weight excluding hydrogens is 495 g/mol. The van der Waals surface area contributed by atoms with Crippen molar-refractivity contribution >= 4 is 59.3 Å². The highest BCUT2D eigenvalue weighted by Gasteiger charge is 2.32. The first-order chi connectivity index (χ1) is 16.3. The van der Waals surface area contributed by atoms with Gasteiger partial charge in [-0.25, -0.2) is 0 Å². The highest BCUT2D eigenvalue weighted by Crippen LogP contribution is 2.23. The van der Waals surface area contributed by atoms with Crippen LogP contribution in [0.15, 0.2) is 24.3 Å². The maximum atomic E-state index is 12.2. The van der Waals surface area contributed by atoms with Gasteiger partial charge in [-0.3, -0.25) is 14.9 Å². The van der Waals surface area contributed by atoms with E-state index < -0.39 is 24.5 Å². The molecular formula is C21H27N6O4PS2. The van der Waals surface area contributed by atoms with Gasteiger partial charge in [-0.2, -0.15) is 0 Å². The highest BCUT2D eigenvalue weighted by atomic mass is 32.1. The van der Waals surface area contributed by atoms with Gasteiger partial charge in [-0.05, 0) is 30.6 Å². The van der Waals surface area contributed by atoms with E-state index in [1.54, 1.807) is 0 Å². The van der Waals surface area contributed by atoms with Crippen molar-refractivity contribution in [2.24, 2.45) is 5.41 Å². The van der Waals surface area contributed by atoms with E-state index >= 15 is 0 Å². The molecule has 0 bridgehead atoms. The molecule has 1 atom stereocenters. The predicted molar refractivity (Wildman–Crippen MR) is 135 cm³/mol. The van der Waals surface area contributed by atoms with Crippen LogP contribution in [0.5, 0.6) is 0 Å². The molecule has 2 amide bonds. The number of aromatic nitrogens is 4. The average molecular weight is 523 g/mol. The summed E-state index contributed by atoms with van der Waals surface area (Å²) in [7, 11) is 2.62. The topological polar surface area (TPSA) is 150 Å². The van der Waals surface area contributed by atoms with Gasteiger partial charge in [0.1, 0.15) is 10.0 Å². The number of carbonyl (C=O) groups is 2. The van der Waals surface area contributed by atoms with Crippen LogP contribution in [0, 0.1) is 5.41 Å². The van der Waals surface area contributed by atoms with E-state index in [4.69, 9.17) is 0 Å². The number of amides is 2. The molecule has 182 valence electrons. The predicted octanol–water partition coefficient (Wildman–Crippen LogP) is 1.57. The van der Waals surface area contributed by atoms with Crippen molar-refractivity contribution in [2.45, 2.75) is 39.0 Å². The van der Waals surface area contributed by atoms with Gasteiger partial charge < -0.3 is 15.5 Å². The molecule has 0 aliphatic rings. The van der Waals surface area contributed by atoms with Crippen LogP contribution in [0.2, 0.25) is 0 Å². The zero-order chi connectivity index (χ0) is 24.6. The molecule has 0 fully saturated rings. The Labute approximate surface area is 207 Å². The smallest absolute Gasteiger partial charge is 0.236 e. The molecule has 13 heteroatoms. The Morgan fingerprint density at radius 2 is 1.56 bits per heavy atom. The average Bonchev–Trinajstić information content (AvgIpc) is 3.45. The molecule has 0 saturated heterocycles. The monoisotopic (exact) mass is 522 g/mol. The number of aliphatic hydroxyl groups is 2. The lowest BCUT2D eigenvalue weighted by Crippen LogP contribution is -2.39. The molecule has 0 aliphatic heterocycles. The molecule has 1 unspecified atom stereocenters. The molecule has 3 aromatic rings. The molecule has 4 N–H and O–H groups in total. The summed E-state index contributed by atoms with van der Waals surface area (Å²) in [5, 5.41) is 43.7. The van der Waals surface area contributed by atoms with Gasteiger partial charge in [0.25, 0.3) is 0 Å². The molecule has 0 radical (unpaired) electrons. The molecule has 2 heterocycles. The number of nitrogens with one attached hydrogen (secondary N) is 2. The lowest BCUT2D eigenvalue weighted by molar-refractivity contribution is -0.129. The molecule has 0 saturated carbocycles. The minimum Gasteiger partial charge on any atom is -0.395 e. The zero-order valence-corrected chi connectivity index (χ0v) is 21.4. The summed E-state index contributed by atoms with van der Waals surface area (Å²) in [5.41, 5.74) is -0.337. The van der Waals surface area contributed by atoms with Crippen LogP contribution < -0.4 is 15.9 Å². The number of nitrogens with zero attached hydrogens (tertiary/aromatic N) is 4. The fourth-order valence-corrected chi connectivity index (χ4v) is 4.76. The van der Waals surface area contributed by atoms with Gasteiger partial charge in [0.2, 0.25) is 22.1 Å². The summed E-state index contributed by atoms with van der Waals surface area (Å²) in [5.74, 6) is -0.631. The number of carbonyl (C=O) groups excluding carboxylic acids is 2. The Hall–Kier alpha value is -2.37. The minimum atomic E-state index is -1.27. The third-order valence-electron chi connectivity index (χ3n) is 4.99. The minimum absolute atomic E-state index is 0.129. The van der Waals surface area contributed by atoms with Gasteiger partial charge in [0, 0.05) is 12.8 Å². The summed E-state index contributed by atoms with van der Waals surface area (Å²) in [6.07, 6.45) is 3.41. The van der Waals surface area contributed by atoms with Crippen LogP contribution in [-0.2, 0) is 28.9 Å². The van der Waals surface area contributed by atoms with E-state index in [1.807, 2.05) is 24.3 Å². The van der Waals surface area contributed by atoms with Crippen molar-refractivity contribution in [2.75, 3.05) is 23.8 Å². The first-order valence-corrected chi connectivity index (χ1v) is 12.8. The van der Waals surface area contributed by atoms with E-state index in [2.05, 4.69) is 40.3 Å². The molecule has 2 aromatic heterocycles. The number of benzene rings is 1. The summed E-state index contributed by atoms with van der Waals surface area (Å²) in [6, 6.07) is 7.73. The third-order valence-corrected chi connectivity index (χ3v) is 7.15. The Bertz CT molecular complexity index is 1120. The van der Waals surface area contributed by atoms with Gasteiger partial charge in [0.05, 0.1) is 25.0 Å². The SMILES string of the molecule is CC(CO)(CO)C(=O)Nc1nnc(CCCCc2nnc(NC(=O)Cc3cccc(P)c3)s2)s1. The Kier molecular flexibility index (Phi) is 9.54. The van der Waals surface area contributed by atoms with Crippen molar-refractivity contribution in [1.82, 2.24) is 20.4 Å².